The van der Waals surface area contributed by atoms with Gasteiger partial charge in [-0.2, -0.15) is 4.31 Å². The van der Waals surface area contributed by atoms with Crippen molar-refractivity contribution in [2.24, 2.45) is 0 Å². The molecule has 0 spiro atoms. The van der Waals surface area contributed by atoms with Crippen LogP contribution in [-0.4, -0.2) is 31.8 Å². The summed E-state index contributed by atoms with van der Waals surface area (Å²) in [5.41, 5.74) is 3.06. The van der Waals surface area contributed by atoms with Gasteiger partial charge in [0.25, 0.3) is 0 Å². The minimum absolute atomic E-state index is 0.259. The normalized spacial score (nSPS) is 15.2. The number of hydrogen-bond donors (Lipinski definition) is 2. The average molecular weight is 402 g/mol. The maximum atomic E-state index is 12.7. The molecule has 1 aliphatic heterocycles. The second-order valence-corrected chi connectivity index (χ2v) is 9.07. The van der Waals surface area contributed by atoms with Crippen LogP contribution in [0.5, 0.6) is 0 Å². The van der Waals surface area contributed by atoms with Crippen LogP contribution in [0.4, 0.5) is 4.79 Å². The first-order chi connectivity index (χ1) is 13.4. The van der Waals surface area contributed by atoms with Crippen LogP contribution in [0, 0.1) is 6.92 Å². The zero-order valence-corrected chi connectivity index (χ0v) is 17.0. The highest BCUT2D eigenvalue weighted by molar-refractivity contribution is 7.89. The highest BCUT2D eigenvalue weighted by Gasteiger charge is 2.25. The van der Waals surface area contributed by atoms with E-state index in [1.165, 1.54) is 5.56 Å². The number of benzene rings is 2. The summed E-state index contributed by atoms with van der Waals surface area (Å²) in [4.78, 5) is 12.3. The summed E-state index contributed by atoms with van der Waals surface area (Å²) in [5, 5.41) is 5.61. The van der Waals surface area contributed by atoms with Gasteiger partial charge >= 0.3 is 6.03 Å². The van der Waals surface area contributed by atoms with E-state index >= 15 is 0 Å². The number of aryl methyl sites for hydroxylation is 1. The number of carbonyl (C=O) groups excluding carboxylic acids is 1. The van der Waals surface area contributed by atoms with Gasteiger partial charge in [-0.25, -0.2) is 13.2 Å². The summed E-state index contributed by atoms with van der Waals surface area (Å²) in [6.45, 7) is 4.00. The minimum atomic E-state index is -3.42. The van der Waals surface area contributed by atoms with Gasteiger partial charge in [0, 0.05) is 26.2 Å². The Kier molecular flexibility index (Phi) is 6.70. The fourth-order valence-electron chi connectivity index (χ4n) is 3.17. The highest BCUT2D eigenvalue weighted by atomic mass is 32.2. The van der Waals surface area contributed by atoms with Crippen LogP contribution in [-0.2, 0) is 23.1 Å². The molecule has 2 aromatic rings. The number of sulfonamides is 1. The number of rotatable bonds is 6. The first kappa shape index (κ1) is 20.4. The molecule has 0 unspecified atom stereocenters. The zero-order chi connectivity index (χ0) is 20.0. The lowest BCUT2D eigenvalue weighted by molar-refractivity contribution is 0.240. The molecular formula is C21H27N3O3S. The summed E-state index contributed by atoms with van der Waals surface area (Å²) in [7, 11) is -3.42. The lowest BCUT2D eigenvalue weighted by atomic mass is 10.1. The van der Waals surface area contributed by atoms with E-state index in [4.69, 9.17) is 0 Å². The van der Waals surface area contributed by atoms with Gasteiger partial charge in [0.15, 0.2) is 0 Å². The summed E-state index contributed by atoms with van der Waals surface area (Å²) in [6, 6.07) is 14.5. The van der Waals surface area contributed by atoms with Gasteiger partial charge in [0.05, 0.1) is 4.90 Å². The Morgan fingerprint density at radius 1 is 0.857 bits per heavy atom. The third-order valence-electron chi connectivity index (χ3n) is 4.90. The van der Waals surface area contributed by atoms with Crippen LogP contribution >= 0.6 is 0 Å². The number of amides is 2. The van der Waals surface area contributed by atoms with Crippen LogP contribution in [0.15, 0.2) is 53.4 Å². The number of hydrogen-bond acceptors (Lipinski definition) is 3. The average Bonchev–Trinajstić information content (AvgIpc) is 2.73. The van der Waals surface area contributed by atoms with E-state index in [0.717, 1.165) is 30.4 Å². The van der Waals surface area contributed by atoms with E-state index < -0.39 is 10.0 Å². The van der Waals surface area contributed by atoms with Crippen molar-refractivity contribution in [3.8, 4) is 0 Å². The van der Waals surface area contributed by atoms with Gasteiger partial charge in [0.2, 0.25) is 10.0 Å². The molecule has 6 nitrogen and oxygen atoms in total. The molecular weight excluding hydrogens is 374 g/mol. The van der Waals surface area contributed by atoms with Gasteiger partial charge in [-0.15, -0.1) is 0 Å². The summed E-state index contributed by atoms with van der Waals surface area (Å²) in [5.74, 6) is 0. The summed E-state index contributed by atoms with van der Waals surface area (Å²) >= 11 is 0. The number of nitrogens with one attached hydrogen (secondary N) is 2. The molecule has 0 aromatic heterocycles. The van der Waals surface area contributed by atoms with Crippen molar-refractivity contribution in [1.82, 2.24) is 14.9 Å². The van der Waals surface area contributed by atoms with Gasteiger partial charge in [-0.1, -0.05) is 48.4 Å². The molecule has 0 atom stereocenters. The lowest BCUT2D eigenvalue weighted by Crippen LogP contribution is -2.35. The fraction of sp³-hybridized carbons (Fsp3) is 0.381. The van der Waals surface area contributed by atoms with E-state index in [0.29, 0.717) is 31.1 Å². The Morgan fingerprint density at radius 2 is 1.36 bits per heavy atom. The molecule has 1 heterocycles. The summed E-state index contributed by atoms with van der Waals surface area (Å²) < 4.78 is 26.9. The molecule has 0 aliphatic carbocycles. The Bertz CT molecular complexity index is 887. The Balaban J connectivity index is 1.49. The van der Waals surface area contributed by atoms with Crippen molar-refractivity contribution in [3.05, 3.63) is 65.2 Å². The second-order valence-electron chi connectivity index (χ2n) is 7.13. The van der Waals surface area contributed by atoms with Crippen molar-refractivity contribution in [1.29, 1.82) is 0 Å². The van der Waals surface area contributed by atoms with Gasteiger partial charge in [-0.05, 0) is 43.0 Å². The lowest BCUT2D eigenvalue weighted by Gasteiger charge is -2.25. The minimum Gasteiger partial charge on any atom is -0.334 e. The van der Waals surface area contributed by atoms with Gasteiger partial charge in [-0.3, -0.25) is 0 Å². The largest absolute Gasteiger partial charge is 0.334 e. The van der Waals surface area contributed by atoms with Crippen molar-refractivity contribution in [3.63, 3.8) is 0 Å². The van der Waals surface area contributed by atoms with Crippen LogP contribution < -0.4 is 10.6 Å². The molecule has 1 saturated heterocycles. The monoisotopic (exact) mass is 401 g/mol. The van der Waals surface area contributed by atoms with E-state index in [9.17, 15) is 13.2 Å². The molecule has 2 N–H and O–H groups in total. The molecule has 150 valence electrons. The second kappa shape index (κ2) is 9.21. The number of carbonyl (C=O) groups is 1. The smallest absolute Gasteiger partial charge is 0.315 e. The third-order valence-corrected chi connectivity index (χ3v) is 6.82. The molecule has 2 aromatic carbocycles. The molecule has 0 saturated carbocycles. The van der Waals surface area contributed by atoms with E-state index in [2.05, 4.69) is 10.6 Å². The SMILES string of the molecule is Cc1ccc(CNC(=O)NCc2ccc(S(=O)(=O)N3CCCCC3)cc2)cc1. The maximum absolute atomic E-state index is 12.7. The number of nitrogens with zero attached hydrogens (tertiary/aromatic N) is 1. The zero-order valence-electron chi connectivity index (χ0n) is 16.1. The van der Waals surface area contributed by atoms with Gasteiger partial charge in [0.1, 0.15) is 0 Å². The first-order valence-corrected chi connectivity index (χ1v) is 11.1. The fourth-order valence-corrected chi connectivity index (χ4v) is 4.68. The highest BCUT2D eigenvalue weighted by Crippen LogP contribution is 2.20. The standard InChI is InChI=1S/C21H27N3O3S/c1-17-5-7-18(8-6-17)15-22-21(25)23-16-19-9-11-20(12-10-19)28(26,27)24-13-3-2-4-14-24/h5-12H,2-4,13-16H2,1H3,(H2,22,23,25). The van der Waals surface area contributed by atoms with Crippen LogP contribution in [0.2, 0.25) is 0 Å². The van der Waals surface area contributed by atoms with Crippen molar-refractivity contribution in [2.45, 2.75) is 44.2 Å². The predicted molar refractivity (Wildman–Crippen MR) is 109 cm³/mol. The third kappa shape index (κ3) is 5.33. The predicted octanol–water partition coefficient (Wildman–Crippen LogP) is 3.17. The topological polar surface area (TPSA) is 78.5 Å². The van der Waals surface area contributed by atoms with E-state index in [1.807, 2.05) is 31.2 Å². The van der Waals surface area contributed by atoms with E-state index in [-0.39, 0.29) is 6.03 Å². The molecule has 1 aliphatic rings. The quantitative estimate of drug-likeness (QED) is 0.780. The van der Waals surface area contributed by atoms with Crippen molar-refractivity contribution >= 4 is 16.1 Å². The molecule has 0 radical (unpaired) electrons. The molecule has 1 fully saturated rings. The van der Waals surface area contributed by atoms with Crippen molar-refractivity contribution < 1.29 is 13.2 Å². The van der Waals surface area contributed by atoms with Crippen molar-refractivity contribution in [2.75, 3.05) is 13.1 Å². The van der Waals surface area contributed by atoms with Gasteiger partial charge < -0.3 is 10.6 Å². The maximum Gasteiger partial charge on any atom is 0.315 e. The molecule has 28 heavy (non-hydrogen) atoms. The number of piperidine rings is 1. The van der Waals surface area contributed by atoms with Crippen LogP contribution in [0.25, 0.3) is 0 Å². The first-order valence-electron chi connectivity index (χ1n) is 9.61. The Morgan fingerprint density at radius 3 is 1.89 bits per heavy atom. The molecule has 3 rings (SSSR count). The van der Waals surface area contributed by atoms with E-state index in [1.54, 1.807) is 28.6 Å². The Hall–Kier alpha value is -2.38. The molecule has 2 amide bonds. The van der Waals surface area contributed by atoms with Crippen LogP contribution in [0.3, 0.4) is 0 Å². The number of urea groups is 1. The Labute approximate surface area is 167 Å². The molecule has 0 bridgehead atoms. The van der Waals surface area contributed by atoms with Crippen LogP contribution in [0.1, 0.15) is 36.0 Å². The summed E-state index contributed by atoms with van der Waals surface area (Å²) in [6.07, 6.45) is 2.92. The molecule has 7 heteroatoms.